The number of nitrogens with one attached hydrogen (secondary N) is 1. The van der Waals surface area contributed by atoms with Crippen molar-refractivity contribution < 1.29 is 9.53 Å². The molecule has 1 N–H and O–H groups in total. The van der Waals surface area contributed by atoms with Crippen molar-refractivity contribution >= 4 is 21.8 Å². The third-order valence-electron chi connectivity index (χ3n) is 2.80. The summed E-state index contributed by atoms with van der Waals surface area (Å²) in [4.78, 5) is 11.6. The van der Waals surface area contributed by atoms with Crippen LogP contribution in [0, 0.1) is 0 Å². The second-order valence-corrected chi connectivity index (χ2v) is 4.78. The number of carbonyl (C=O) groups is 1. The number of alkyl halides is 1. The van der Waals surface area contributed by atoms with Gasteiger partial charge < -0.3 is 10.1 Å². The molecule has 0 spiro atoms. The Kier molecular flexibility index (Phi) is 5.61. The van der Waals surface area contributed by atoms with Gasteiger partial charge in [0.2, 0.25) is 5.91 Å². The SMILES string of the molecule is CCCOCC(=O)NC1(CBr)CCCC1. The second kappa shape index (κ2) is 6.48. The van der Waals surface area contributed by atoms with E-state index in [9.17, 15) is 4.79 Å². The first-order chi connectivity index (χ1) is 7.22. The lowest BCUT2D eigenvalue weighted by Gasteiger charge is -2.28. The van der Waals surface area contributed by atoms with Crippen LogP contribution in [0.1, 0.15) is 39.0 Å². The summed E-state index contributed by atoms with van der Waals surface area (Å²) >= 11 is 3.49. The third kappa shape index (κ3) is 4.11. The first kappa shape index (κ1) is 13.0. The largest absolute Gasteiger partial charge is 0.372 e. The van der Waals surface area contributed by atoms with Crippen molar-refractivity contribution in [3.05, 3.63) is 0 Å². The lowest BCUT2D eigenvalue weighted by molar-refractivity contribution is -0.127. The predicted molar refractivity (Wildman–Crippen MR) is 64.2 cm³/mol. The Labute approximate surface area is 100 Å². The highest BCUT2D eigenvalue weighted by Gasteiger charge is 2.33. The van der Waals surface area contributed by atoms with E-state index >= 15 is 0 Å². The van der Waals surface area contributed by atoms with E-state index < -0.39 is 0 Å². The van der Waals surface area contributed by atoms with E-state index in [1.54, 1.807) is 0 Å². The minimum atomic E-state index is -0.00728. The van der Waals surface area contributed by atoms with E-state index in [4.69, 9.17) is 4.74 Å². The van der Waals surface area contributed by atoms with Gasteiger partial charge in [-0.15, -0.1) is 0 Å². The topological polar surface area (TPSA) is 38.3 Å². The molecular weight excluding hydrogens is 258 g/mol. The van der Waals surface area contributed by atoms with Crippen LogP contribution < -0.4 is 5.32 Å². The fourth-order valence-corrected chi connectivity index (χ4v) is 2.69. The average molecular weight is 278 g/mol. The van der Waals surface area contributed by atoms with Gasteiger partial charge in [-0.05, 0) is 19.3 Å². The quantitative estimate of drug-likeness (QED) is 0.597. The highest BCUT2D eigenvalue weighted by atomic mass is 79.9. The zero-order valence-electron chi connectivity index (χ0n) is 9.35. The minimum Gasteiger partial charge on any atom is -0.372 e. The molecule has 0 aliphatic heterocycles. The molecule has 0 aromatic heterocycles. The number of hydrogen-bond donors (Lipinski definition) is 1. The molecule has 4 heteroatoms. The smallest absolute Gasteiger partial charge is 0.246 e. The molecule has 1 amide bonds. The molecule has 0 bridgehead atoms. The molecule has 88 valence electrons. The van der Waals surface area contributed by atoms with Gasteiger partial charge in [0.1, 0.15) is 6.61 Å². The first-order valence-electron chi connectivity index (χ1n) is 5.67. The summed E-state index contributed by atoms with van der Waals surface area (Å²) < 4.78 is 5.22. The molecule has 3 nitrogen and oxygen atoms in total. The zero-order valence-corrected chi connectivity index (χ0v) is 10.9. The van der Waals surface area contributed by atoms with E-state index in [1.807, 2.05) is 6.92 Å². The molecule has 0 saturated heterocycles. The van der Waals surface area contributed by atoms with Crippen LogP contribution in [0.25, 0.3) is 0 Å². The minimum absolute atomic E-state index is 0.00728. The highest BCUT2D eigenvalue weighted by Crippen LogP contribution is 2.31. The summed E-state index contributed by atoms with van der Waals surface area (Å²) in [7, 11) is 0. The third-order valence-corrected chi connectivity index (χ3v) is 3.88. The van der Waals surface area contributed by atoms with Crippen LogP contribution in [-0.2, 0) is 9.53 Å². The monoisotopic (exact) mass is 277 g/mol. The number of halogens is 1. The maximum atomic E-state index is 11.6. The Hall–Kier alpha value is -0.0900. The van der Waals surface area contributed by atoms with E-state index in [2.05, 4.69) is 21.2 Å². The van der Waals surface area contributed by atoms with Crippen LogP contribution >= 0.6 is 15.9 Å². The van der Waals surface area contributed by atoms with Crippen LogP contribution in [0.4, 0.5) is 0 Å². The molecule has 0 atom stereocenters. The number of ether oxygens (including phenoxy) is 1. The summed E-state index contributed by atoms with van der Waals surface area (Å²) in [6.45, 7) is 2.90. The molecular formula is C11H20BrNO2. The van der Waals surface area contributed by atoms with Crippen molar-refractivity contribution in [2.45, 2.75) is 44.6 Å². The van der Waals surface area contributed by atoms with E-state index in [1.165, 1.54) is 12.8 Å². The normalized spacial score (nSPS) is 19.1. The van der Waals surface area contributed by atoms with Crippen LogP contribution in [0.5, 0.6) is 0 Å². The van der Waals surface area contributed by atoms with Crippen LogP contribution in [-0.4, -0.2) is 30.0 Å². The van der Waals surface area contributed by atoms with Gasteiger partial charge in [0.15, 0.2) is 0 Å². The predicted octanol–water partition coefficient (Wildman–Crippen LogP) is 2.24. The van der Waals surface area contributed by atoms with Crippen molar-refractivity contribution in [2.75, 3.05) is 18.5 Å². The van der Waals surface area contributed by atoms with Gasteiger partial charge in [0, 0.05) is 17.5 Å². The number of hydrogen-bond acceptors (Lipinski definition) is 2. The molecule has 0 heterocycles. The van der Waals surface area contributed by atoms with Gasteiger partial charge in [0.05, 0.1) is 0 Å². The van der Waals surface area contributed by atoms with Crippen molar-refractivity contribution in [3.8, 4) is 0 Å². The lowest BCUT2D eigenvalue weighted by Crippen LogP contribution is -2.49. The number of rotatable bonds is 6. The molecule has 0 unspecified atom stereocenters. The molecule has 1 saturated carbocycles. The molecule has 0 radical (unpaired) electrons. The number of carbonyl (C=O) groups excluding carboxylic acids is 1. The second-order valence-electron chi connectivity index (χ2n) is 4.22. The summed E-state index contributed by atoms with van der Waals surface area (Å²) in [6, 6.07) is 0. The highest BCUT2D eigenvalue weighted by molar-refractivity contribution is 9.09. The fourth-order valence-electron chi connectivity index (χ4n) is 1.98. The summed E-state index contributed by atoms with van der Waals surface area (Å²) in [5, 5.41) is 3.94. The summed E-state index contributed by atoms with van der Waals surface area (Å²) in [5.74, 6) is 0.0183. The van der Waals surface area contributed by atoms with Gasteiger partial charge in [0.25, 0.3) is 0 Å². The number of amides is 1. The van der Waals surface area contributed by atoms with E-state index in [-0.39, 0.29) is 18.1 Å². The van der Waals surface area contributed by atoms with Crippen molar-refractivity contribution in [1.29, 1.82) is 0 Å². The van der Waals surface area contributed by atoms with Gasteiger partial charge in [-0.25, -0.2) is 0 Å². The van der Waals surface area contributed by atoms with Crippen molar-refractivity contribution in [3.63, 3.8) is 0 Å². The van der Waals surface area contributed by atoms with E-state index in [0.29, 0.717) is 6.61 Å². The Bertz CT molecular complexity index is 203. The van der Waals surface area contributed by atoms with Crippen LogP contribution in [0.2, 0.25) is 0 Å². The van der Waals surface area contributed by atoms with Crippen molar-refractivity contribution in [1.82, 2.24) is 5.32 Å². The molecule has 1 aliphatic rings. The maximum absolute atomic E-state index is 11.6. The average Bonchev–Trinajstić information content (AvgIpc) is 2.67. The Morgan fingerprint density at radius 1 is 1.47 bits per heavy atom. The molecule has 0 aromatic carbocycles. The summed E-state index contributed by atoms with van der Waals surface area (Å²) in [5.41, 5.74) is -0.00728. The van der Waals surface area contributed by atoms with Gasteiger partial charge in [-0.3, -0.25) is 4.79 Å². The maximum Gasteiger partial charge on any atom is 0.246 e. The Morgan fingerprint density at radius 2 is 2.13 bits per heavy atom. The molecule has 1 aliphatic carbocycles. The molecule has 15 heavy (non-hydrogen) atoms. The fraction of sp³-hybridized carbons (Fsp3) is 0.909. The zero-order chi connectivity index (χ0) is 11.1. The van der Waals surface area contributed by atoms with Crippen LogP contribution in [0.3, 0.4) is 0 Å². The van der Waals surface area contributed by atoms with Gasteiger partial charge in [-0.2, -0.15) is 0 Å². The first-order valence-corrected chi connectivity index (χ1v) is 6.79. The van der Waals surface area contributed by atoms with E-state index in [0.717, 1.165) is 24.6 Å². The summed E-state index contributed by atoms with van der Waals surface area (Å²) in [6.07, 6.45) is 5.54. The molecule has 1 fully saturated rings. The lowest BCUT2D eigenvalue weighted by atomic mass is 10.0. The van der Waals surface area contributed by atoms with Crippen LogP contribution in [0.15, 0.2) is 0 Å². The standard InChI is InChI=1S/C11H20BrNO2/c1-2-7-15-8-10(14)13-11(9-12)5-3-4-6-11/h2-9H2,1H3,(H,13,14). The van der Waals surface area contributed by atoms with Gasteiger partial charge >= 0.3 is 0 Å². The Balaban J connectivity index is 2.28. The van der Waals surface area contributed by atoms with Gasteiger partial charge in [-0.1, -0.05) is 35.7 Å². The Morgan fingerprint density at radius 3 is 2.67 bits per heavy atom. The van der Waals surface area contributed by atoms with Crippen molar-refractivity contribution in [2.24, 2.45) is 0 Å². The molecule has 0 aromatic rings. The molecule has 1 rings (SSSR count).